The Kier molecular flexibility index (Phi) is 7.48. The summed E-state index contributed by atoms with van der Waals surface area (Å²) < 4.78 is 11.1. The third-order valence-corrected chi connectivity index (χ3v) is 4.05. The number of aldehydes is 1. The Morgan fingerprint density at radius 1 is 1.26 bits per heavy atom. The molecule has 23 heavy (non-hydrogen) atoms. The number of carbonyl (C=O) groups is 1. The highest BCUT2D eigenvalue weighted by molar-refractivity contribution is 5.56. The van der Waals surface area contributed by atoms with E-state index in [1.807, 2.05) is 29.2 Å². The van der Waals surface area contributed by atoms with E-state index < -0.39 is 6.23 Å². The molecule has 6 heteroatoms. The molecule has 0 amide bonds. The summed E-state index contributed by atoms with van der Waals surface area (Å²) in [4.78, 5) is 13.3. The maximum absolute atomic E-state index is 11.3. The molecule has 0 aromatic heterocycles. The van der Waals surface area contributed by atoms with E-state index in [1.54, 1.807) is 0 Å². The second-order valence-electron chi connectivity index (χ2n) is 5.82. The molecule has 0 spiro atoms. The van der Waals surface area contributed by atoms with Crippen LogP contribution in [0, 0.1) is 0 Å². The lowest BCUT2D eigenvalue weighted by molar-refractivity contribution is -0.125. The topological polar surface area (TPSA) is 90.8 Å². The number of nitrogens with zero attached hydrogens (tertiary/aromatic N) is 1. The summed E-state index contributed by atoms with van der Waals surface area (Å²) in [6.07, 6.45) is 3.21. The number of rotatable bonds is 9. The van der Waals surface area contributed by atoms with E-state index >= 15 is 0 Å². The minimum absolute atomic E-state index is 0.0829. The first-order valence-electron chi connectivity index (χ1n) is 8.21. The number of nitrogens with two attached hydrogens (primary N) is 2. The van der Waals surface area contributed by atoms with Crippen molar-refractivity contribution in [1.29, 1.82) is 0 Å². The van der Waals surface area contributed by atoms with Gasteiger partial charge in [0.15, 0.2) is 6.29 Å². The number of hydrogen-bond donors (Lipinski definition) is 2. The molecule has 1 aromatic rings. The molecule has 1 saturated heterocycles. The van der Waals surface area contributed by atoms with Crippen LogP contribution in [0.1, 0.15) is 18.4 Å². The summed E-state index contributed by atoms with van der Waals surface area (Å²) in [5, 5.41) is 0. The Bertz CT molecular complexity index is 461. The molecule has 0 bridgehead atoms. The first-order valence-corrected chi connectivity index (χ1v) is 8.21. The highest BCUT2D eigenvalue weighted by Crippen LogP contribution is 2.17. The number of morpholine rings is 1. The van der Waals surface area contributed by atoms with Crippen LogP contribution >= 0.6 is 0 Å². The van der Waals surface area contributed by atoms with Gasteiger partial charge in [-0.05, 0) is 37.0 Å². The Morgan fingerprint density at radius 3 is 2.57 bits per heavy atom. The quantitative estimate of drug-likeness (QED) is 0.645. The lowest BCUT2D eigenvalue weighted by atomic mass is 10.1. The molecule has 128 valence electrons. The Morgan fingerprint density at radius 2 is 1.96 bits per heavy atom. The van der Waals surface area contributed by atoms with Gasteiger partial charge in [-0.1, -0.05) is 12.1 Å². The molecule has 1 fully saturated rings. The molecule has 0 saturated carbocycles. The normalized spacial score (nSPS) is 18.3. The summed E-state index contributed by atoms with van der Waals surface area (Å²) in [5.74, 6) is 0.705. The van der Waals surface area contributed by atoms with E-state index in [-0.39, 0.29) is 6.04 Å². The zero-order valence-corrected chi connectivity index (χ0v) is 13.5. The molecule has 1 heterocycles. The fourth-order valence-corrected chi connectivity index (χ4v) is 2.58. The summed E-state index contributed by atoms with van der Waals surface area (Å²) in [6.45, 7) is 3.22. The average Bonchev–Trinajstić information content (AvgIpc) is 2.61. The fraction of sp³-hybridized carbons (Fsp3) is 0.588. The second-order valence-corrected chi connectivity index (χ2v) is 5.82. The molecule has 2 rings (SSSR count). The molecule has 1 aliphatic rings. The lowest BCUT2D eigenvalue weighted by Gasteiger charge is -2.31. The third-order valence-electron chi connectivity index (χ3n) is 4.05. The minimum atomic E-state index is -0.549. The molecular formula is C17H27N3O3. The summed E-state index contributed by atoms with van der Waals surface area (Å²) in [7, 11) is 0. The van der Waals surface area contributed by atoms with Crippen LogP contribution in [-0.2, 0) is 16.0 Å². The van der Waals surface area contributed by atoms with Gasteiger partial charge < -0.3 is 20.9 Å². The van der Waals surface area contributed by atoms with Gasteiger partial charge in [-0.2, -0.15) is 0 Å². The van der Waals surface area contributed by atoms with E-state index in [9.17, 15) is 4.79 Å². The molecule has 2 unspecified atom stereocenters. The fourth-order valence-electron chi connectivity index (χ4n) is 2.58. The molecule has 4 N–H and O–H groups in total. The largest absolute Gasteiger partial charge is 0.468 e. The molecular weight excluding hydrogens is 294 g/mol. The van der Waals surface area contributed by atoms with Crippen molar-refractivity contribution in [1.82, 2.24) is 4.90 Å². The number of aryl methyl sites for hydroxylation is 1. The zero-order valence-electron chi connectivity index (χ0n) is 13.5. The molecule has 6 nitrogen and oxygen atoms in total. The van der Waals surface area contributed by atoms with Crippen LogP contribution in [0.5, 0.6) is 5.75 Å². The molecule has 1 aromatic carbocycles. The average molecular weight is 321 g/mol. The highest BCUT2D eigenvalue weighted by atomic mass is 16.5. The van der Waals surface area contributed by atoms with Crippen molar-refractivity contribution >= 4 is 6.29 Å². The van der Waals surface area contributed by atoms with Gasteiger partial charge in [-0.25, -0.2) is 0 Å². The molecule has 2 atom stereocenters. The number of ether oxygens (including phenoxy) is 2. The van der Waals surface area contributed by atoms with Crippen LogP contribution in [0.2, 0.25) is 0 Å². The summed E-state index contributed by atoms with van der Waals surface area (Å²) in [6, 6.07) is 7.97. The van der Waals surface area contributed by atoms with E-state index in [2.05, 4.69) is 0 Å². The van der Waals surface area contributed by atoms with E-state index in [1.165, 1.54) is 5.56 Å². The Hall–Kier alpha value is -1.47. The zero-order chi connectivity index (χ0) is 16.5. The van der Waals surface area contributed by atoms with Crippen LogP contribution in [0.3, 0.4) is 0 Å². The minimum Gasteiger partial charge on any atom is -0.468 e. The van der Waals surface area contributed by atoms with Crippen molar-refractivity contribution in [3.8, 4) is 5.75 Å². The van der Waals surface area contributed by atoms with Crippen molar-refractivity contribution in [2.45, 2.75) is 31.5 Å². The van der Waals surface area contributed by atoms with Crippen LogP contribution in [-0.4, -0.2) is 56.3 Å². The van der Waals surface area contributed by atoms with Gasteiger partial charge in [0.05, 0.1) is 13.2 Å². The second kappa shape index (κ2) is 9.62. The summed E-state index contributed by atoms with van der Waals surface area (Å²) in [5.41, 5.74) is 12.6. The Balaban J connectivity index is 1.82. The van der Waals surface area contributed by atoms with Gasteiger partial charge in [0.2, 0.25) is 6.23 Å². The third kappa shape index (κ3) is 5.91. The van der Waals surface area contributed by atoms with Gasteiger partial charge in [0.25, 0.3) is 0 Å². The maximum Gasteiger partial charge on any atom is 0.209 e. The van der Waals surface area contributed by atoms with Gasteiger partial charge in [-0.15, -0.1) is 0 Å². The van der Waals surface area contributed by atoms with Crippen molar-refractivity contribution < 1.29 is 14.3 Å². The predicted octanol–water partition coefficient (Wildman–Crippen LogP) is 0.531. The van der Waals surface area contributed by atoms with Crippen molar-refractivity contribution in [2.75, 3.05) is 32.8 Å². The van der Waals surface area contributed by atoms with Crippen LogP contribution in [0.4, 0.5) is 0 Å². The van der Waals surface area contributed by atoms with Crippen LogP contribution in [0.25, 0.3) is 0 Å². The predicted molar refractivity (Wildman–Crippen MR) is 89.3 cm³/mol. The SMILES string of the molecule is NCC(N)CCCc1ccc(OC(C=O)N2CCOCC2)cc1. The van der Waals surface area contributed by atoms with Gasteiger partial charge in [0.1, 0.15) is 5.75 Å². The number of carbonyl (C=O) groups excluding carboxylic acids is 1. The van der Waals surface area contributed by atoms with Crippen LogP contribution < -0.4 is 16.2 Å². The standard InChI is InChI=1S/C17H27N3O3/c18-12-15(19)3-1-2-14-4-6-16(7-5-14)23-17(13-21)20-8-10-22-11-9-20/h4-7,13,15,17H,1-3,8-12,18-19H2. The first-order chi connectivity index (χ1) is 11.2. The van der Waals surface area contributed by atoms with Gasteiger partial charge in [-0.3, -0.25) is 9.69 Å². The lowest BCUT2D eigenvalue weighted by Crippen LogP contribution is -2.47. The van der Waals surface area contributed by atoms with Crippen molar-refractivity contribution in [3.05, 3.63) is 29.8 Å². The molecule has 1 aliphatic heterocycles. The number of hydrogen-bond acceptors (Lipinski definition) is 6. The maximum atomic E-state index is 11.3. The molecule has 0 radical (unpaired) electrons. The van der Waals surface area contributed by atoms with Crippen molar-refractivity contribution in [2.24, 2.45) is 11.5 Å². The van der Waals surface area contributed by atoms with Gasteiger partial charge >= 0.3 is 0 Å². The first kappa shape index (κ1) is 17.9. The van der Waals surface area contributed by atoms with Crippen molar-refractivity contribution in [3.63, 3.8) is 0 Å². The monoisotopic (exact) mass is 321 g/mol. The summed E-state index contributed by atoms with van der Waals surface area (Å²) >= 11 is 0. The van der Waals surface area contributed by atoms with E-state index in [4.69, 9.17) is 20.9 Å². The smallest absolute Gasteiger partial charge is 0.209 e. The van der Waals surface area contributed by atoms with E-state index in [0.717, 1.165) is 25.5 Å². The number of benzene rings is 1. The van der Waals surface area contributed by atoms with Gasteiger partial charge in [0, 0.05) is 25.7 Å². The highest BCUT2D eigenvalue weighted by Gasteiger charge is 2.21. The van der Waals surface area contributed by atoms with E-state index in [0.29, 0.717) is 38.6 Å². The van der Waals surface area contributed by atoms with Crippen LogP contribution in [0.15, 0.2) is 24.3 Å². The molecule has 0 aliphatic carbocycles. The Labute approximate surface area is 137 Å².